The molecule has 0 aliphatic carbocycles. The van der Waals surface area contributed by atoms with Crippen molar-refractivity contribution in [2.75, 3.05) is 0 Å². The molecule has 0 aromatic heterocycles. The Hall–Kier alpha value is -0.0400. The molecule has 1 N–H and O–H groups in total. The van der Waals surface area contributed by atoms with Crippen molar-refractivity contribution in [3.05, 3.63) is 0 Å². The van der Waals surface area contributed by atoms with Gasteiger partial charge in [-0.25, -0.2) is 0 Å². The molecule has 0 amide bonds. The van der Waals surface area contributed by atoms with Gasteiger partial charge in [-0.2, -0.15) is 0 Å². The molecule has 0 saturated carbocycles. The third kappa shape index (κ3) is 3.21. The molecule has 0 rings (SSSR count). The van der Waals surface area contributed by atoms with Crippen LogP contribution >= 0.6 is 0 Å². The summed E-state index contributed by atoms with van der Waals surface area (Å²) < 4.78 is 0. The Morgan fingerprint density at radius 1 is 1.40 bits per heavy atom. The molecule has 0 heterocycles. The molecular weight excluding hydrogens is 124 g/mol. The molecule has 1 nitrogen and oxygen atoms in total. The Morgan fingerprint density at radius 2 is 1.90 bits per heavy atom. The summed E-state index contributed by atoms with van der Waals surface area (Å²) >= 11 is 0. The fourth-order valence-corrected chi connectivity index (χ4v) is 0.841. The average Bonchev–Trinajstić information content (AvgIpc) is 1.84. The Kier molecular flexibility index (Phi) is 3.95. The van der Waals surface area contributed by atoms with E-state index in [1.54, 1.807) is 0 Å². The summed E-state index contributed by atoms with van der Waals surface area (Å²) in [6, 6.07) is 0. The molecule has 62 valence electrons. The lowest BCUT2D eigenvalue weighted by Crippen LogP contribution is -2.25. The van der Waals surface area contributed by atoms with Gasteiger partial charge in [-0.05, 0) is 18.8 Å². The van der Waals surface area contributed by atoms with Crippen LogP contribution in [0.1, 0.15) is 47.0 Å². The number of aliphatic hydroxyl groups excluding tert-OH is 1. The van der Waals surface area contributed by atoms with E-state index in [2.05, 4.69) is 20.8 Å². The molecule has 0 aromatic rings. The van der Waals surface area contributed by atoms with Crippen LogP contribution in [0.4, 0.5) is 0 Å². The molecule has 0 fully saturated rings. The van der Waals surface area contributed by atoms with Crippen LogP contribution in [0.25, 0.3) is 0 Å². The van der Waals surface area contributed by atoms with Gasteiger partial charge in [0.1, 0.15) is 0 Å². The Bertz CT molecular complexity index is 84.7. The first-order valence-electron chi connectivity index (χ1n) is 4.18. The van der Waals surface area contributed by atoms with Crippen LogP contribution in [0, 0.1) is 5.41 Å². The van der Waals surface area contributed by atoms with Gasteiger partial charge in [0.15, 0.2) is 0 Å². The van der Waals surface area contributed by atoms with Gasteiger partial charge in [0, 0.05) is 0 Å². The monoisotopic (exact) mass is 144 g/mol. The third-order valence-electron chi connectivity index (χ3n) is 2.31. The fourth-order valence-electron chi connectivity index (χ4n) is 0.841. The first-order valence-corrected chi connectivity index (χ1v) is 4.18. The highest BCUT2D eigenvalue weighted by atomic mass is 16.3. The second kappa shape index (κ2) is 3.97. The van der Waals surface area contributed by atoms with E-state index >= 15 is 0 Å². The second-order valence-electron chi connectivity index (χ2n) is 3.77. The van der Waals surface area contributed by atoms with Crippen LogP contribution < -0.4 is 0 Å². The van der Waals surface area contributed by atoms with Crippen molar-refractivity contribution in [3.63, 3.8) is 0 Å². The first kappa shape index (κ1) is 9.96. The number of hydrogen-bond acceptors (Lipinski definition) is 1. The topological polar surface area (TPSA) is 20.2 Å². The number of unbranched alkanes of at least 4 members (excludes halogenated alkanes) is 1. The van der Waals surface area contributed by atoms with Gasteiger partial charge >= 0.3 is 0 Å². The smallest absolute Gasteiger partial charge is 0.0563 e. The van der Waals surface area contributed by atoms with Crippen molar-refractivity contribution in [3.8, 4) is 0 Å². The maximum Gasteiger partial charge on any atom is 0.0563 e. The van der Waals surface area contributed by atoms with Crippen molar-refractivity contribution >= 4 is 0 Å². The predicted molar refractivity (Wildman–Crippen MR) is 45.0 cm³/mol. The van der Waals surface area contributed by atoms with Gasteiger partial charge in [0.05, 0.1) is 6.10 Å². The summed E-state index contributed by atoms with van der Waals surface area (Å²) in [4.78, 5) is 0. The van der Waals surface area contributed by atoms with Gasteiger partial charge in [-0.15, -0.1) is 0 Å². The molecule has 0 aromatic carbocycles. The van der Waals surface area contributed by atoms with E-state index in [1.165, 1.54) is 12.8 Å². The van der Waals surface area contributed by atoms with Gasteiger partial charge in [0.25, 0.3) is 0 Å². The minimum Gasteiger partial charge on any atom is -0.393 e. The van der Waals surface area contributed by atoms with Crippen molar-refractivity contribution in [1.82, 2.24) is 0 Å². The lowest BCUT2D eigenvalue weighted by Gasteiger charge is -2.27. The van der Waals surface area contributed by atoms with Crippen molar-refractivity contribution < 1.29 is 5.11 Å². The van der Waals surface area contributed by atoms with Crippen molar-refractivity contribution in [2.45, 2.75) is 53.1 Å². The number of aliphatic hydroxyl groups is 1. The van der Waals surface area contributed by atoms with Gasteiger partial charge in [-0.3, -0.25) is 0 Å². The van der Waals surface area contributed by atoms with Gasteiger partial charge < -0.3 is 5.11 Å². The Morgan fingerprint density at radius 3 is 2.20 bits per heavy atom. The molecule has 0 spiro atoms. The maximum absolute atomic E-state index is 9.31. The third-order valence-corrected chi connectivity index (χ3v) is 2.31. The van der Waals surface area contributed by atoms with Crippen LogP contribution in [0.5, 0.6) is 0 Å². The molecule has 0 unspecified atom stereocenters. The van der Waals surface area contributed by atoms with Gasteiger partial charge in [-0.1, -0.05) is 33.6 Å². The highest BCUT2D eigenvalue weighted by Crippen LogP contribution is 2.26. The summed E-state index contributed by atoms with van der Waals surface area (Å²) in [5.74, 6) is 0. The highest BCUT2D eigenvalue weighted by molar-refractivity contribution is 4.73. The second-order valence-corrected chi connectivity index (χ2v) is 3.77. The Labute approximate surface area is 64.5 Å². The molecule has 10 heavy (non-hydrogen) atoms. The maximum atomic E-state index is 9.31. The summed E-state index contributed by atoms with van der Waals surface area (Å²) in [6.45, 7) is 8.29. The van der Waals surface area contributed by atoms with Crippen molar-refractivity contribution in [2.24, 2.45) is 5.41 Å². The highest BCUT2D eigenvalue weighted by Gasteiger charge is 2.22. The van der Waals surface area contributed by atoms with Crippen LogP contribution in [0.3, 0.4) is 0 Å². The first-order chi connectivity index (χ1) is 4.50. The molecule has 0 radical (unpaired) electrons. The van der Waals surface area contributed by atoms with E-state index in [9.17, 15) is 5.11 Å². The summed E-state index contributed by atoms with van der Waals surface area (Å²) in [7, 11) is 0. The van der Waals surface area contributed by atoms with Crippen LogP contribution in [0.2, 0.25) is 0 Å². The largest absolute Gasteiger partial charge is 0.393 e. The molecule has 0 saturated heterocycles. The van der Waals surface area contributed by atoms with E-state index in [0.717, 1.165) is 6.42 Å². The normalized spacial score (nSPS) is 15.3. The minimum absolute atomic E-state index is 0.107. The quantitative estimate of drug-likeness (QED) is 0.643. The van der Waals surface area contributed by atoms with E-state index in [-0.39, 0.29) is 11.5 Å². The van der Waals surface area contributed by atoms with Crippen LogP contribution in [0.15, 0.2) is 0 Å². The zero-order valence-corrected chi connectivity index (χ0v) is 7.65. The minimum atomic E-state index is -0.181. The van der Waals surface area contributed by atoms with E-state index in [1.807, 2.05) is 6.92 Å². The SMILES string of the molecule is CCCCC(C)(C)[C@@H](C)O. The zero-order valence-electron chi connectivity index (χ0n) is 7.65. The van der Waals surface area contributed by atoms with Crippen molar-refractivity contribution in [1.29, 1.82) is 0 Å². The zero-order chi connectivity index (χ0) is 8.20. The predicted octanol–water partition coefficient (Wildman–Crippen LogP) is 2.58. The Balaban J connectivity index is 3.63. The van der Waals surface area contributed by atoms with Crippen LogP contribution in [-0.4, -0.2) is 11.2 Å². The molecular formula is C9H20O. The average molecular weight is 144 g/mol. The van der Waals surface area contributed by atoms with E-state index in [4.69, 9.17) is 0 Å². The molecule has 0 bridgehead atoms. The molecule has 0 aliphatic heterocycles. The van der Waals surface area contributed by atoms with Gasteiger partial charge in [0.2, 0.25) is 0 Å². The standard InChI is InChI=1S/C9H20O/c1-5-6-7-9(3,4)8(2)10/h8,10H,5-7H2,1-4H3/t8-/m1/s1. The number of rotatable bonds is 4. The van der Waals surface area contributed by atoms with E-state index < -0.39 is 0 Å². The summed E-state index contributed by atoms with van der Waals surface area (Å²) in [5, 5.41) is 9.31. The summed E-state index contributed by atoms with van der Waals surface area (Å²) in [6.07, 6.45) is 3.38. The lowest BCUT2D eigenvalue weighted by atomic mass is 9.82. The summed E-state index contributed by atoms with van der Waals surface area (Å²) in [5.41, 5.74) is 0.107. The molecule has 0 aliphatic rings. The number of hydrogen-bond donors (Lipinski definition) is 1. The molecule has 1 atom stereocenters. The molecule has 1 heteroatoms. The van der Waals surface area contributed by atoms with Crippen LogP contribution in [-0.2, 0) is 0 Å². The van der Waals surface area contributed by atoms with E-state index in [0.29, 0.717) is 0 Å². The lowest BCUT2D eigenvalue weighted by molar-refractivity contribution is 0.0581. The fraction of sp³-hybridized carbons (Fsp3) is 1.00.